The van der Waals surface area contributed by atoms with Crippen molar-refractivity contribution in [3.8, 4) is 11.5 Å². The number of aromatic nitrogens is 1. The standard InChI is InChI=1S/C16H12Cl2N2O/c1-9-7-15(11-8-10(19)5-6-13(11)20-9)21-14-4-2-3-12(17)16(14)18/h2-8H,19H2,1H3. The molecule has 0 saturated heterocycles. The maximum absolute atomic E-state index is 6.17. The molecule has 3 aromatic rings. The molecule has 1 heterocycles. The minimum atomic E-state index is 0.380. The van der Waals surface area contributed by atoms with Gasteiger partial charge in [-0.25, -0.2) is 0 Å². The van der Waals surface area contributed by atoms with Crippen LogP contribution in [-0.4, -0.2) is 4.98 Å². The second kappa shape index (κ2) is 5.43. The summed E-state index contributed by atoms with van der Waals surface area (Å²) in [4.78, 5) is 4.46. The van der Waals surface area contributed by atoms with E-state index in [2.05, 4.69) is 4.98 Å². The molecule has 5 heteroatoms. The largest absolute Gasteiger partial charge is 0.455 e. The van der Waals surface area contributed by atoms with Crippen molar-refractivity contribution in [2.45, 2.75) is 6.92 Å². The van der Waals surface area contributed by atoms with Gasteiger partial charge in [0.15, 0.2) is 0 Å². The Morgan fingerprint density at radius 1 is 1.05 bits per heavy atom. The molecule has 3 nitrogen and oxygen atoms in total. The van der Waals surface area contributed by atoms with Crippen molar-refractivity contribution in [3.63, 3.8) is 0 Å². The number of aryl methyl sites for hydroxylation is 1. The molecule has 0 atom stereocenters. The maximum atomic E-state index is 6.17. The lowest BCUT2D eigenvalue weighted by atomic mass is 10.1. The average Bonchev–Trinajstić information content (AvgIpc) is 2.44. The predicted molar refractivity (Wildman–Crippen MR) is 87.4 cm³/mol. The van der Waals surface area contributed by atoms with Crippen LogP contribution in [0.1, 0.15) is 5.69 Å². The van der Waals surface area contributed by atoms with Gasteiger partial charge in [-0.05, 0) is 37.3 Å². The van der Waals surface area contributed by atoms with E-state index in [9.17, 15) is 0 Å². The summed E-state index contributed by atoms with van der Waals surface area (Å²) in [6.45, 7) is 1.90. The molecule has 0 saturated carbocycles. The van der Waals surface area contributed by atoms with Crippen LogP contribution in [-0.2, 0) is 0 Å². The first-order valence-corrected chi connectivity index (χ1v) is 7.09. The van der Waals surface area contributed by atoms with E-state index in [1.807, 2.05) is 31.2 Å². The summed E-state index contributed by atoms with van der Waals surface area (Å²) in [5, 5.41) is 1.66. The van der Waals surface area contributed by atoms with Gasteiger partial charge in [0.2, 0.25) is 0 Å². The van der Waals surface area contributed by atoms with E-state index in [0.29, 0.717) is 27.2 Å². The number of nitrogens with two attached hydrogens (primary N) is 1. The van der Waals surface area contributed by atoms with Crippen LogP contribution in [0, 0.1) is 6.92 Å². The second-order valence-corrected chi connectivity index (χ2v) is 5.48. The smallest absolute Gasteiger partial charge is 0.147 e. The fraction of sp³-hybridized carbons (Fsp3) is 0.0625. The first kappa shape index (κ1) is 14.0. The minimum Gasteiger partial charge on any atom is -0.455 e. The number of anilines is 1. The molecule has 0 aliphatic heterocycles. The van der Waals surface area contributed by atoms with Gasteiger partial charge in [-0.3, -0.25) is 4.98 Å². The van der Waals surface area contributed by atoms with Crippen molar-refractivity contribution in [2.75, 3.05) is 5.73 Å². The number of nitrogen functional groups attached to an aromatic ring is 1. The van der Waals surface area contributed by atoms with Crippen molar-refractivity contribution in [2.24, 2.45) is 0 Å². The van der Waals surface area contributed by atoms with E-state index >= 15 is 0 Å². The summed E-state index contributed by atoms with van der Waals surface area (Å²) in [6, 6.07) is 12.6. The van der Waals surface area contributed by atoms with Crippen LogP contribution in [0.25, 0.3) is 10.9 Å². The molecule has 0 amide bonds. The summed E-state index contributed by atoms with van der Waals surface area (Å²) in [5.74, 6) is 1.15. The van der Waals surface area contributed by atoms with Crippen molar-refractivity contribution in [3.05, 3.63) is 58.2 Å². The molecular formula is C16H12Cl2N2O. The maximum Gasteiger partial charge on any atom is 0.147 e. The number of rotatable bonds is 2. The van der Waals surface area contributed by atoms with Crippen molar-refractivity contribution in [1.82, 2.24) is 4.98 Å². The molecule has 21 heavy (non-hydrogen) atoms. The molecule has 1 aromatic heterocycles. The van der Waals surface area contributed by atoms with Crippen LogP contribution >= 0.6 is 23.2 Å². The first-order chi connectivity index (χ1) is 10.0. The molecule has 2 N–H and O–H groups in total. The van der Waals surface area contributed by atoms with Gasteiger partial charge in [-0.1, -0.05) is 29.3 Å². The van der Waals surface area contributed by atoms with Crippen molar-refractivity contribution < 1.29 is 4.74 Å². The van der Waals surface area contributed by atoms with Gasteiger partial charge in [-0.2, -0.15) is 0 Å². The van der Waals surface area contributed by atoms with Gasteiger partial charge < -0.3 is 10.5 Å². The molecule has 0 unspecified atom stereocenters. The van der Waals surface area contributed by atoms with Gasteiger partial charge in [0.1, 0.15) is 16.5 Å². The summed E-state index contributed by atoms with van der Waals surface area (Å²) < 4.78 is 5.93. The molecule has 2 aromatic carbocycles. The Hall–Kier alpha value is -1.97. The number of hydrogen-bond donors (Lipinski definition) is 1. The van der Waals surface area contributed by atoms with E-state index < -0.39 is 0 Å². The molecule has 0 fully saturated rings. The van der Waals surface area contributed by atoms with Gasteiger partial charge in [0.25, 0.3) is 0 Å². The lowest BCUT2D eigenvalue weighted by molar-refractivity contribution is 0.487. The normalized spacial score (nSPS) is 10.8. The van der Waals surface area contributed by atoms with Gasteiger partial charge in [0, 0.05) is 22.8 Å². The Balaban J connectivity index is 2.15. The van der Waals surface area contributed by atoms with E-state index in [0.717, 1.165) is 16.6 Å². The third-order valence-corrected chi connectivity index (χ3v) is 3.86. The molecule has 106 valence electrons. The Morgan fingerprint density at radius 3 is 2.67 bits per heavy atom. The third-order valence-electron chi connectivity index (χ3n) is 3.06. The number of nitrogens with zero attached hydrogens (tertiary/aromatic N) is 1. The number of halogens is 2. The highest BCUT2D eigenvalue weighted by Gasteiger charge is 2.11. The molecule has 0 aliphatic rings. The Labute approximate surface area is 132 Å². The molecule has 0 spiro atoms. The van der Waals surface area contributed by atoms with Crippen LogP contribution in [0.15, 0.2) is 42.5 Å². The highest BCUT2D eigenvalue weighted by Crippen LogP contribution is 2.37. The third kappa shape index (κ3) is 2.75. The van der Waals surface area contributed by atoms with E-state index in [1.165, 1.54) is 0 Å². The second-order valence-electron chi connectivity index (χ2n) is 4.69. The molecule has 0 aliphatic carbocycles. The monoisotopic (exact) mass is 318 g/mol. The molecular weight excluding hydrogens is 307 g/mol. The molecule has 0 radical (unpaired) electrons. The molecule has 0 bridgehead atoms. The van der Waals surface area contributed by atoms with Crippen LogP contribution in [0.5, 0.6) is 11.5 Å². The average molecular weight is 319 g/mol. The highest BCUT2D eigenvalue weighted by atomic mass is 35.5. The first-order valence-electron chi connectivity index (χ1n) is 6.33. The number of pyridine rings is 1. The van der Waals surface area contributed by atoms with Crippen molar-refractivity contribution >= 4 is 39.8 Å². The summed E-state index contributed by atoms with van der Waals surface area (Å²) in [7, 11) is 0. The SMILES string of the molecule is Cc1cc(Oc2cccc(Cl)c2Cl)c2cc(N)ccc2n1. The topological polar surface area (TPSA) is 48.1 Å². The quantitative estimate of drug-likeness (QED) is 0.658. The molecule has 3 rings (SSSR count). The van der Waals surface area contributed by atoms with Crippen LogP contribution in [0.3, 0.4) is 0 Å². The fourth-order valence-electron chi connectivity index (χ4n) is 2.10. The van der Waals surface area contributed by atoms with E-state index in [1.54, 1.807) is 18.2 Å². The zero-order chi connectivity index (χ0) is 15.0. The van der Waals surface area contributed by atoms with Crippen LogP contribution in [0.2, 0.25) is 10.0 Å². The number of fused-ring (bicyclic) bond motifs is 1. The Bertz CT molecular complexity index is 834. The van der Waals surface area contributed by atoms with Gasteiger partial charge in [-0.15, -0.1) is 0 Å². The summed E-state index contributed by atoms with van der Waals surface area (Å²) in [5.41, 5.74) is 8.16. The van der Waals surface area contributed by atoms with Gasteiger partial charge in [0.05, 0.1) is 10.5 Å². The van der Waals surface area contributed by atoms with E-state index in [-0.39, 0.29) is 0 Å². The predicted octanol–water partition coefficient (Wildman–Crippen LogP) is 5.22. The zero-order valence-corrected chi connectivity index (χ0v) is 12.7. The summed E-state index contributed by atoms with van der Waals surface area (Å²) >= 11 is 12.2. The Morgan fingerprint density at radius 2 is 1.86 bits per heavy atom. The minimum absolute atomic E-state index is 0.380. The lowest BCUT2D eigenvalue weighted by Crippen LogP contribution is -1.93. The van der Waals surface area contributed by atoms with Crippen LogP contribution < -0.4 is 10.5 Å². The number of ether oxygens (including phenoxy) is 1. The lowest BCUT2D eigenvalue weighted by Gasteiger charge is -2.12. The number of benzene rings is 2. The number of hydrogen-bond acceptors (Lipinski definition) is 3. The zero-order valence-electron chi connectivity index (χ0n) is 11.2. The summed E-state index contributed by atoms with van der Waals surface area (Å²) in [6.07, 6.45) is 0. The highest BCUT2D eigenvalue weighted by molar-refractivity contribution is 6.42. The van der Waals surface area contributed by atoms with E-state index in [4.69, 9.17) is 33.7 Å². The van der Waals surface area contributed by atoms with Gasteiger partial charge >= 0.3 is 0 Å². The van der Waals surface area contributed by atoms with Crippen molar-refractivity contribution in [1.29, 1.82) is 0 Å². The van der Waals surface area contributed by atoms with Crippen LogP contribution in [0.4, 0.5) is 5.69 Å². The fourth-order valence-corrected chi connectivity index (χ4v) is 2.43. The Kier molecular flexibility index (Phi) is 3.62.